The fourth-order valence-electron chi connectivity index (χ4n) is 8.17. The van der Waals surface area contributed by atoms with Gasteiger partial charge in [-0.05, 0) is 91.4 Å². The Balaban J connectivity index is 1.54. The van der Waals surface area contributed by atoms with Gasteiger partial charge in [0.15, 0.2) is 5.78 Å². The van der Waals surface area contributed by atoms with Gasteiger partial charge < -0.3 is 0 Å². The first-order valence-electron chi connectivity index (χ1n) is 9.31. The van der Waals surface area contributed by atoms with Crippen LogP contribution in [0.25, 0.3) is 0 Å². The van der Waals surface area contributed by atoms with Crippen molar-refractivity contribution in [3.8, 4) is 0 Å². The summed E-state index contributed by atoms with van der Waals surface area (Å²) in [6.45, 7) is 5.18. The summed E-state index contributed by atoms with van der Waals surface area (Å²) < 4.78 is 0. The van der Waals surface area contributed by atoms with Gasteiger partial charge in [-0.3, -0.25) is 4.79 Å². The number of carbonyl (C=O) groups is 1. The lowest BCUT2D eigenvalue weighted by atomic mass is 9.49. The van der Waals surface area contributed by atoms with Crippen molar-refractivity contribution in [2.45, 2.75) is 65.2 Å². The molecule has 4 saturated carbocycles. The summed E-state index contributed by atoms with van der Waals surface area (Å²) >= 11 is 0. The lowest BCUT2D eigenvalue weighted by Crippen LogP contribution is -2.48. The molecule has 1 heteroatoms. The SMILES string of the molecule is CC1C2CCC3(C)CCC4C5CCC(=O)C=C5CCC4C123. The van der Waals surface area contributed by atoms with E-state index >= 15 is 0 Å². The van der Waals surface area contributed by atoms with Gasteiger partial charge in [0.1, 0.15) is 0 Å². The van der Waals surface area contributed by atoms with E-state index in [1.54, 1.807) is 0 Å². The van der Waals surface area contributed by atoms with E-state index in [0.717, 1.165) is 42.4 Å². The van der Waals surface area contributed by atoms with Crippen molar-refractivity contribution in [3.05, 3.63) is 11.6 Å². The molecule has 5 aliphatic carbocycles. The Bertz CT molecular complexity index is 546. The summed E-state index contributed by atoms with van der Waals surface area (Å²) in [5, 5.41) is 0. The zero-order chi connectivity index (χ0) is 14.4. The summed E-state index contributed by atoms with van der Waals surface area (Å²) in [6, 6.07) is 0. The van der Waals surface area contributed by atoms with Crippen LogP contribution in [0.1, 0.15) is 65.2 Å². The predicted octanol–water partition coefficient (Wildman–Crippen LogP) is 4.76. The van der Waals surface area contributed by atoms with Crippen LogP contribution in [-0.4, -0.2) is 5.78 Å². The Hall–Kier alpha value is -0.590. The fourth-order valence-corrected chi connectivity index (χ4v) is 8.17. The van der Waals surface area contributed by atoms with E-state index in [0.29, 0.717) is 16.6 Å². The molecule has 1 nitrogen and oxygen atoms in total. The average Bonchev–Trinajstić information content (AvgIpc) is 2.91. The van der Waals surface area contributed by atoms with Crippen LogP contribution >= 0.6 is 0 Å². The second-order valence-electron chi connectivity index (χ2n) is 9.11. The lowest BCUT2D eigenvalue weighted by Gasteiger charge is -2.55. The molecule has 1 spiro atoms. The number of rotatable bonds is 0. The van der Waals surface area contributed by atoms with Crippen molar-refractivity contribution in [2.24, 2.45) is 40.4 Å². The molecular weight excluding hydrogens is 256 g/mol. The minimum Gasteiger partial charge on any atom is -0.295 e. The molecule has 0 amide bonds. The molecule has 5 rings (SSSR count). The molecule has 5 aliphatic rings. The first kappa shape index (κ1) is 12.9. The van der Waals surface area contributed by atoms with Crippen molar-refractivity contribution in [3.63, 3.8) is 0 Å². The standard InChI is InChI=1S/C20H28O/c1-12-17-8-10-19(2)9-7-16-15-5-4-14(21)11-13(15)3-6-18(16)20(12,17)19/h11-12,15-18H,3-10H2,1-2H3. The summed E-state index contributed by atoms with van der Waals surface area (Å²) in [5.41, 5.74) is 2.91. The zero-order valence-electron chi connectivity index (χ0n) is 13.5. The van der Waals surface area contributed by atoms with Gasteiger partial charge in [-0.2, -0.15) is 0 Å². The van der Waals surface area contributed by atoms with Gasteiger partial charge >= 0.3 is 0 Å². The monoisotopic (exact) mass is 284 g/mol. The summed E-state index contributed by atoms with van der Waals surface area (Å²) in [6.07, 6.45) is 12.6. The summed E-state index contributed by atoms with van der Waals surface area (Å²) in [5.74, 6) is 5.10. The number of fused-ring (bicyclic) bond motifs is 3. The van der Waals surface area contributed by atoms with E-state index in [1.165, 1.54) is 44.1 Å². The van der Waals surface area contributed by atoms with Crippen molar-refractivity contribution in [2.75, 3.05) is 0 Å². The van der Waals surface area contributed by atoms with Crippen LogP contribution in [0.4, 0.5) is 0 Å². The Kier molecular flexibility index (Phi) is 2.36. The number of carbonyl (C=O) groups excluding carboxylic acids is 1. The molecule has 7 unspecified atom stereocenters. The van der Waals surface area contributed by atoms with Gasteiger partial charge in [-0.15, -0.1) is 0 Å². The van der Waals surface area contributed by atoms with Crippen LogP contribution in [0.5, 0.6) is 0 Å². The Labute approximate surface area is 128 Å². The molecule has 7 atom stereocenters. The second kappa shape index (κ2) is 3.84. The molecule has 0 aromatic heterocycles. The fraction of sp³-hybridized carbons (Fsp3) is 0.850. The van der Waals surface area contributed by atoms with E-state index in [-0.39, 0.29) is 0 Å². The van der Waals surface area contributed by atoms with Crippen molar-refractivity contribution in [1.29, 1.82) is 0 Å². The van der Waals surface area contributed by atoms with Gasteiger partial charge in [0, 0.05) is 6.42 Å². The summed E-state index contributed by atoms with van der Waals surface area (Å²) in [4.78, 5) is 11.8. The van der Waals surface area contributed by atoms with Crippen molar-refractivity contribution in [1.82, 2.24) is 0 Å². The minimum atomic E-state index is 0.400. The van der Waals surface area contributed by atoms with E-state index < -0.39 is 0 Å². The quantitative estimate of drug-likeness (QED) is 0.626. The maximum atomic E-state index is 11.8. The number of allylic oxidation sites excluding steroid dienone is 1. The Morgan fingerprint density at radius 1 is 1.05 bits per heavy atom. The molecular formula is C20H28O. The summed E-state index contributed by atoms with van der Waals surface area (Å²) in [7, 11) is 0. The molecule has 4 fully saturated rings. The predicted molar refractivity (Wildman–Crippen MR) is 83.7 cm³/mol. The first-order chi connectivity index (χ1) is 10.1. The smallest absolute Gasteiger partial charge is 0.155 e. The van der Waals surface area contributed by atoms with Gasteiger partial charge in [0.05, 0.1) is 0 Å². The lowest BCUT2D eigenvalue weighted by molar-refractivity contribution is -0.116. The Morgan fingerprint density at radius 3 is 2.67 bits per heavy atom. The van der Waals surface area contributed by atoms with Crippen molar-refractivity contribution >= 4 is 5.78 Å². The van der Waals surface area contributed by atoms with Crippen LogP contribution in [0.2, 0.25) is 0 Å². The highest BCUT2D eigenvalue weighted by Gasteiger charge is 2.78. The van der Waals surface area contributed by atoms with Gasteiger partial charge in [0.2, 0.25) is 0 Å². The van der Waals surface area contributed by atoms with Gasteiger partial charge in [0.25, 0.3) is 0 Å². The molecule has 0 N–H and O–H groups in total. The number of hydrogen-bond donors (Lipinski definition) is 0. The van der Waals surface area contributed by atoms with Gasteiger partial charge in [-0.1, -0.05) is 19.4 Å². The van der Waals surface area contributed by atoms with Crippen LogP contribution < -0.4 is 0 Å². The minimum absolute atomic E-state index is 0.400. The van der Waals surface area contributed by atoms with E-state index in [4.69, 9.17) is 0 Å². The molecule has 0 heterocycles. The van der Waals surface area contributed by atoms with Crippen LogP contribution in [0.3, 0.4) is 0 Å². The van der Waals surface area contributed by atoms with Crippen LogP contribution in [0.15, 0.2) is 11.6 Å². The number of ketones is 1. The highest BCUT2D eigenvalue weighted by molar-refractivity contribution is 5.91. The topological polar surface area (TPSA) is 17.1 Å². The second-order valence-corrected chi connectivity index (χ2v) is 9.11. The number of hydrogen-bond acceptors (Lipinski definition) is 1. The van der Waals surface area contributed by atoms with E-state index in [2.05, 4.69) is 13.8 Å². The molecule has 0 saturated heterocycles. The van der Waals surface area contributed by atoms with Crippen LogP contribution in [-0.2, 0) is 4.79 Å². The molecule has 0 aromatic rings. The first-order valence-corrected chi connectivity index (χ1v) is 9.31. The molecule has 114 valence electrons. The zero-order valence-corrected chi connectivity index (χ0v) is 13.5. The maximum Gasteiger partial charge on any atom is 0.155 e. The third-order valence-corrected chi connectivity index (χ3v) is 8.86. The van der Waals surface area contributed by atoms with Crippen LogP contribution in [0, 0.1) is 40.4 Å². The molecule has 0 radical (unpaired) electrons. The highest BCUT2D eigenvalue weighted by Crippen LogP contribution is 2.84. The average molecular weight is 284 g/mol. The Morgan fingerprint density at radius 2 is 1.86 bits per heavy atom. The normalized spacial score (nSPS) is 57.7. The molecule has 21 heavy (non-hydrogen) atoms. The molecule has 0 aliphatic heterocycles. The maximum absolute atomic E-state index is 11.8. The molecule has 0 aromatic carbocycles. The van der Waals surface area contributed by atoms with Crippen molar-refractivity contribution < 1.29 is 4.79 Å². The molecule has 0 bridgehead atoms. The highest BCUT2D eigenvalue weighted by atomic mass is 16.1. The van der Waals surface area contributed by atoms with Gasteiger partial charge in [-0.25, -0.2) is 0 Å². The van der Waals surface area contributed by atoms with E-state index in [1.807, 2.05) is 6.08 Å². The van der Waals surface area contributed by atoms with E-state index in [9.17, 15) is 4.79 Å². The largest absolute Gasteiger partial charge is 0.295 e. The third-order valence-electron chi connectivity index (χ3n) is 8.86. The third kappa shape index (κ3) is 1.33.